The van der Waals surface area contributed by atoms with Crippen LogP contribution in [0.1, 0.15) is 32.8 Å². The third-order valence-electron chi connectivity index (χ3n) is 2.41. The summed E-state index contributed by atoms with van der Waals surface area (Å²) in [6.45, 7) is 5.61. The normalized spacial score (nSPS) is 14.1. The lowest BCUT2D eigenvalue weighted by molar-refractivity contribution is 0.155. The van der Waals surface area contributed by atoms with Crippen molar-refractivity contribution in [3.63, 3.8) is 0 Å². The van der Waals surface area contributed by atoms with Gasteiger partial charge in [0.2, 0.25) is 0 Å². The number of halogens is 1. The summed E-state index contributed by atoms with van der Waals surface area (Å²) in [5.74, 6) is -0.196. The molecular formula is C12H17FO. The maximum Gasteiger partial charge on any atom is 0.126 e. The topological polar surface area (TPSA) is 20.2 Å². The fourth-order valence-electron chi connectivity index (χ4n) is 1.86. The van der Waals surface area contributed by atoms with Gasteiger partial charge in [-0.15, -0.1) is 0 Å². The van der Waals surface area contributed by atoms with E-state index >= 15 is 0 Å². The van der Waals surface area contributed by atoms with Crippen LogP contribution >= 0.6 is 0 Å². The third kappa shape index (κ3) is 2.55. The molecule has 2 heteroatoms. The second-order valence-electron chi connectivity index (χ2n) is 4.42. The summed E-state index contributed by atoms with van der Waals surface area (Å²) in [5.41, 5.74) is 0.348. The van der Waals surface area contributed by atoms with Crippen LogP contribution in [0, 0.1) is 5.82 Å². The first kappa shape index (κ1) is 11.2. The van der Waals surface area contributed by atoms with E-state index in [1.54, 1.807) is 19.1 Å². The lowest BCUT2D eigenvalue weighted by Crippen LogP contribution is -2.24. The van der Waals surface area contributed by atoms with Gasteiger partial charge in [-0.2, -0.15) is 0 Å². The highest BCUT2D eigenvalue weighted by Crippen LogP contribution is 2.30. The van der Waals surface area contributed by atoms with Gasteiger partial charge in [-0.1, -0.05) is 32.0 Å². The Balaban J connectivity index is 2.97. The minimum absolute atomic E-state index is 0.196. The van der Waals surface area contributed by atoms with E-state index in [1.807, 2.05) is 19.9 Å². The summed E-state index contributed by atoms with van der Waals surface area (Å²) in [6, 6.07) is 6.73. The number of aliphatic hydroxyl groups excluding tert-OH is 1. The highest BCUT2D eigenvalue weighted by atomic mass is 19.1. The molecule has 0 fully saturated rings. The molecule has 1 nitrogen and oxygen atoms in total. The van der Waals surface area contributed by atoms with Crippen molar-refractivity contribution in [3.05, 3.63) is 35.6 Å². The van der Waals surface area contributed by atoms with E-state index in [-0.39, 0.29) is 11.2 Å². The molecule has 1 rings (SSSR count). The highest BCUT2D eigenvalue weighted by molar-refractivity contribution is 5.25. The summed E-state index contributed by atoms with van der Waals surface area (Å²) in [4.78, 5) is 0. The molecule has 1 N–H and O–H groups in total. The van der Waals surface area contributed by atoms with Crippen molar-refractivity contribution in [2.75, 3.05) is 0 Å². The molecule has 0 saturated heterocycles. The van der Waals surface area contributed by atoms with E-state index in [9.17, 15) is 9.50 Å². The Kier molecular flexibility index (Phi) is 3.27. The summed E-state index contributed by atoms with van der Waals surface area (Å²) in [5, 5.41) is 9.32. The number of rotatable bonds is 3. The minimum atomic E-state index is -0.412. The molecule has 0 aliphatic heterocycles. The first-order valence-corrected chi connectivity index (χ1v) is 4.86. The number of aliphatic hydroxyl groups is 1. The smallest absolute Gasteiger partial charge is 0.126 e. The Labute approximate surface area is 84.6 Å². The maximum atomic E-state index is 13.5. The average Bonchev–Trinajstić information content (AvgIpc) is 2.02. The Morgan fingerprint density at radius 3 is 2.43 bits per heavy atom. The van der Waals surface area contributed by atoms with Crippen LogP contribution < -0.4 is 0 Å². The summed E-state index contributed by atoms with van der Waals surface area (Å²) < 4.78 is 13.5. The maximum absolute atomic E-state index is 13.5. The fraction of sp³-hybridized carbons (Fsp3) is 0.500. The molecule has 0 radical (unpaired) electrons. The van der Waals surface area contributed by atoms with Gasteiger partial charge in [0, 0.05) is 0 Å². The largest absolute Gasteiger partial charge is 0.393 e. The van der Waals surface area contributed by atoms with Gasteiger partial charge in [-0.3, -0.25) is 0 Å². The van der Waals surface area contributed by atoms with Crippen molar-refractivity contribution in [2.45, 2.75) is 38.7 Å². The molecule has 78 valence electrons. The van der Waals surface area contributed by atoms with Gasteiger partial charge in [-0.05, 0) is 30.4 Å². The fourth-order valence-corrected chi connectivity index (χ4v) is 1.86. The van der Waals surface area contributed by atoms with Crippen LogP contribution in [0.15, 0.2) is 24.3 Å². The lowest BCUT2D eigenvalue weighted by Gasteiger charge is -2.27. The number of hydrogen-bond acceptors (Lipinski definition) is 1. The van der Waals surface area contributed by atoms with E-state index in [0.29, 0.717) is 12.0 Å². The van der Waals surface area contributed by atoms with Gasteiger partial charge in [0.1, 0.15) is 5.82 Å². The van der Waals surface area contributed by atoms with Gasteiger partial charge in [0.25, 0.3) is 0 Å². The van der Waals surface area contributed by atoms with Gasteiger partial charge >= 0.3 is 0 Å². The van der Waals surface area contributed by atoms with Crippen LogP contribution in [-0.4, -0.2) is 11.2 Å². The van der Waals surface area contributed by atoms with E-state index in [4.69, 9.17) is 0 Å². The van der Waals surface area contributed by atoms with Crippen LogP contribution in [0.2, 0.25) is 0 Å². The first-order valence-electron chi connectivity index (χ1n) is 4.86. The molecule has 0 heterocycles. The van der Waals surface area contributed by atoms with Crippen LogP contribution in [-0.2, 0) is 5.41 Å². The number of hydrogen-bond donors (Lipinski definition) is 1. The molecule has 0 saturated carbocycles. The van der Waals surface area contributed by atoms with Crippen LogP contribution in [0.4, 0.5) is 4.39 Å². The van der Waals surface area contributed by atoms with Crippen LogP contribution in [0.3, 0.4) is 0 Å². The Morgan fingerprint density at radius 1 is 1.36 bits per heavy atom. The molecule has 0 aromatic heterocycles. The summed E-state index contributed by atoms with van der Waals surface area (Å²) >= 11 is 0. The van der Waals surface area contributed by atoms with Gasteiger partial charge in [0.05, 0.1) is 6.10 Å². The minimum Gasteiger partial charge on any atom is -0.393 e. The molecular weight excluding hydrogens is 179 g/mol. The lowest BCUT2D eigenvalue weighted by atomic mass is 9.80. The van der Waals surface area contributed by atoms with Crippen LogP contribution in [0.5, 0.6) is 0 Å². The van der Waals surface area contributed by atoms with Crippen LogP contribution in [0.25, 0.3) is 0 Å². The molecule has 0 aliphatic carbocycles. The second kappa shape index (κ2) is 4.09. The molecule has 1 aromatic carbocycles. The van der Waals surface area contributed by atoms with E-state index in [1.165, 1.54) is 6.07 Å². The second-order valence-corrected chi connectivity index (χ2v) is 4.42. The molecule has 0 amide bonds. The molecule has 14 heavy (non-hydrogen) atoms. The van der Waals surface area contributed by atoms with Crippen molar-refractivity contribution in [1.82, 2.24) is 0 Å². The SMILES string of the molecule is CC(O)CC(C)(C)c1ccccc1F. The molecule has 1 unspecified atom stereocenters. The summed E-state index contributed by atoms with van der Waals surface area (Å²) in [7, 11) is 0. The van der Waals surface area contributed by atoms with Gasteiger partial charge in [-0.25, -0.2) is 4.39 Å². The Morgan fingerprint density at radius 2 is 1.93 bits per heavy atom. The monoisotopic (exact) mass is 196 g/mol. The molecule has 0 spiro atoms. The first-order chi connectivity index (χ1) is 6.43. The third-order valence-corrected chi connectivity index (χ3v) is 2.41. The molecule has 0 aliphatic rings. The predicted octanol–water partition coefficient (Wildman–Crippen LogP) is 2.87. The van der Waals surface area contributed by atoms with Crippen molar-refractivity contribution < 1.29 is 9.50 Å². The van der Waals surface area contributed by atoms with Crippen molar-refractivity contribution in [1.29, 1.82) is 0 Å². The Hall–Kier alpha value is -0.890. The van der Waals surface area contributed by atoms with Gasteiger partial charge in [0.15, 0.2) is 0 Å². The predicted molar refractivity (Wildman–Crippen MR) is 55.7 cm³/mol. The highest BCUT2D eigenvalue weighted by Gasteiger charge is 2.25. The van der Waals surface area contributed by atoms with Crippen molar-refractivity contribution in [3.8, 4) is 0 Å². The zero-order valence-corrected chi connectivity index (χ0v) is 8.92. The standard InChI is InChI=1S/C12H17FO/c1-9(14)8-12(2,3)10-6-4-5-7-11(10)13/h4-7,9,14H,8H2,1-3H3. The molecule has 1 atom stereocenters. The molecule has 1 aromatic rings. The van der Waals surface area contributed by atoms with Crippen molar-refractivity contribution in [2.24, 2.45) is 0 Å². The van der Waals surface area contributed by atoms with E-state index in [0.717, 1.165) is 0 Å². The Bertz CT molecular complexity index is 305. The quantitative estimate of drug-likeness (QED) is 0.788. The van der Waals surface area contributed by atoms with Gasteiger partial charge < -0.3 is 5.11 Å². The van der Waals surface area contributed by atoms with Crippen molar-refractivity contribution >= 4 is 0 Å². The number of benzene rings is 1. The van der Waals surface area contributed by atoms with E-state index in [2.05, 4.69) is 0 Å². The molecule has 0 bridgehead atoms. The van der Waals surface area contributed by atoms with E-state index < -0.39 is 6.10 Å². The zero-order chi connectivity index (χ0) is 10.8. The zero-order valence-electron chi connectivity index (χ0n) is 8.92. The average molecular weight is 196 g/mol. The summed E-state index contributed by atoms with van der Waals surface area (Å²) in [6.07, 6.45) is 0.151.